The standard InChI is InChI=1S/C7H14N3P/c11-7-1-8-4-9(2-7)6-10(3-7)5-8/h1-6,11H2. The molecule has 4 saturated heterocycles. The Labute approximate surface area is 69.5 Å². The molecule has 0 aromatic heterocycles. The smallest absolute Gasteiger partial charge is 0.0530 e. The molecule has 0 radical (unpaired) electrons. The second kappa shape index (κ2) is 1.97. The molecule has 4 bridgehead atoms. The zero-order valence-electron chi connectivity index (χ0n) is 6.66. The fraction of sp³-hybridized carbons (Fsp3) is 1.00. The number of hydrogen-bond acceptors (Lipinski definition) is 3. The molecule has 4 heterocycles. The van der Waals surface area contributed by atoms with Crippen molar-refractivity contribution >= 4 is 9.24 Å². The van der Waals surface area contributed by atoms with Gasteiger partial charge in [0.25, 0.3) is 0 Å². The molecule has 0 N–H and O–H groups in total. The van der Waals surface area contributed by atoms with E-state index < -0.39 is 0 Å². The minimum atomic E-state index is 0.495. The van der Waals surface area contributed by atoms with Gasteiger partial charge in [-0.25, -0.2) is 0 Å². The molecule has 0 aromatic rings. The molecule has 0 aliphatic carbocycles. The Hall–Kier alpha value is 0.310. The minimum absolute atomic E-state index is 0.495. The van der Waals surface area contributed by atoms with Gasteiger partial charge in [0.2, 0.25) is 0 Å². The summed E-state index contributed by atoms with van der Waals surface area (Å²) < 4.78 is 0. The Balaban J connectivity index is 1.94. The monoisotopic (exact) mass is 171 g/mol. The fourth-order valence-corrected chi connectivity index (χ4v) is 3.54. The molecule has 11 heavy (non-hydrogen) atoms. The molecule has 4 rings (SSSR count). The van der Waals surface area contributed by atoms with E-state index in [1.54, 1.807) is 0 Å². The molecule has 1 atom stereocenters. The van der Waals surface area contributed by atoms with Gasteiger partial charge in [-0.15, -0.1) is 9.24 Å². The van der Waals surface area contributed by atoms with E-state index in [9.17, 15) is 0 Å². The van der Waals surface area contributed by atoms with E-state index in [4.69, 9.17) is 0 Å². The number of hydrogen-bond donors (Lipinski definition) is 0. The largest absolute Gasteiger partial charge is 0.276 e. The maximum absolute atomic E-state index is 3.04. The van der Waals surface area contributed by atoms with Crippen LogP contribution in [0.15, 0.2) is 0 Å². The van der Waals surface area contributed by atoms with Crippen LogP contribution in [0.25, 0.3) is 0 Å². The van der Waals surface area contributed by atoms with Gasteiger partial charge < -0.3 is 0 Å². The lowest BCUT2D eigenvalue weighted by Gasteiger charge is -2.59. The summed E-state index contributed by atoms with van der Waals surface area (Å²) in [7, 11) is 3.04. The summed E-state index contributed by atoms with van der Waals surface area (Å²) in [4.78, 5) is 7.59. The maximum atomic E-state index is 3.04. The Morgan fingerprint density at radius 3 is 1.45 bits per heavy atom. The zero-order chi connectivity index (χ0) is 7.47. The predicted octanol–water partition coefficient (Wildman–Crippen LogP) is -0.580. The molecule has 0 spiro atoms. The SMILES string of the molecule is PC12CN3CN(CN(C3)C1)C2. The molecule has 4 aliphatic heterocycles. The van der Waals surface area contributed by atoms with Crippen molar-refractivity contribution in [1.82, 2.24) is 14.7 Å². The van der Waals surface area contributed by atoms with E-state index in [1.165, 1.54) is 39.6 Å². The summed E-state index contributed by atoms with van der Waals surface area (Å²) in [5.74, 6) is 0. The van der Waals surface area contributed by atoms with Crippen LogP contribution in [0.5, 0.6) is 0 Å². The lowest BCUT2D eigenvalue weighted by Crippen LogP contribution is -2.73. The van der Waals surface area contributed by atoms with Crippen molar-refractivity contribution in [3.63, 3.8) is 0 Å². The van der Waals surface area contributed by atoms with Gasteiger partial charge in [0, 0.05) is 24.8 Å². The lowest BCUT2D eigenvalue weighted by atomic mass is 10.00. The summed E-state index contributed by atoms with van der Waals surface area (Å²) in [6, 6.07) is 0. The summed E-state index contributed by atoms with van der Waals surface area (Å²) in [6.45, 7) is 7.45. The highest BCUT2D eigenvalue weighted by molar-refractivity contribution is 7.19. The third kappa shape index (κ3) is 0.955. The number of nitrogens with zero attached hydrogens (tertiary/aromatic N) is 3. The third-order valence-corrected chi connectivity index (χ3v) is 3.36. The van der Waals surface area contributed by atoms with E-state index >= 15 is 0 Å². The van der Waals surface area contributed by atoms with Crippen LogP contribution in [0, 0.1) is 0 Å². The van der Waals surface area contributed by atoms with Crippen LogP contribution in [-0.2, 0) is 0 Å². The maximum Gasteiger partial charge on any atom is 0.0530 e. The highest BCUT2D eigenvalue weighted by atomic mass is 31.0. The highest BCUT2D eigenvalue weighted by Crippen LogP contribution is 2.34. The van der Waals surface area contributed by atoms with Crippen LogP contribution >= 0.6 is 9.24 Å². The summed E-state index contributed by atoms with van der Waals surface area (Å²) in [5.41, 5.74) is 0. The van der Waals surface area contributed by atoms with Gasteiger partial charge in [-0.1, -0.05) is 0 Å². The van der Waals surface area contributed by atoms with Gasteiger partial charge in [-0.3, -0.25) is 14.7 Å². The molecule has 0 saturated carbocycles. The summed E-state index contributed by atoms with van der Waals surface area (Å²) in [5, 5.41) is 0.495. The molecule has 4 fully saturated rings. The molecule has 62 valence electrons. The Bertz CT molecular complexity index is 159. The van der Waals surface area contributed by atoms with Crippen LogP contribution in [0.3, 0.4) is 0 Å². The van der Waals surface area contributed by atoms with Gasteiger partial charge in [-0.05, 0) is 0 Å². The van der Waals surface area contributed by atoms with Crippen LogP contribution in [0.4, 0.5) is 0 Å². The first kappa shape index (κ1) is 6.79. The molecule has 0 aromatic carbocycles. The van der Waals surface area contributed by atoms with Crippen molar-refractivity contribution in [3.05, 3.63) is 0 Å². The van der Waals surface area contributed by atoms with Gasteiger partial charge in [0.05, 0.1) is 20.0 Å². The highest BCUT2D eigenvalue weighted by Gasteiger charge is 2.45. The van der Waals surface area contributed by atoms with Crippen molar-refractivity contribution in [1.29, 1.82) is 0 Å². The van der Waals surface area contributed by atoms with Crippen molar-refractivity contribution < 1.29 is 0 Å². The quantitative estimate of drug-likeness (QED) is 0.451. The fourth-order valence-electron chi connectivity index (χ4n) is 2.77. The van der Waals surface area contributed by atoms with E-state index in [1.807, 2.05) is 0 Å². The van der Waals surface area contributed by atoms with Crippen molar-refractivity contribution in [2.75, 3.05) is 39.6 Å². The van der Waals surface area contributed by atoms with E-state index in [0.717, 1.165) is 0 Å². The first-order valence-electron chi connectivity index (χ1n) is 4.20. The lowest BCUT2D eigenvalue weighted by molar-refractivity contribution is -0.118. The Kier molecular flexibility index (Phi) is 1.21. The van der Waals surface area contributed by atoms with E-state index in [0.29, 0.717) is 5.16 Å². The first-order valence-corrected chi connectivity index (χ1v) is 4.77. The molecule has 1 unspecified atom stereocenters. The Morgan fingerprint density at radius 1 is 0.818 bits per heavy atom. The first-order chi connectivity index (χ1) is 5.23. The van der Waals surface area contributed by atoms with Crippen molar-refractivity contribution in [2.45, 2.75) is 5.16 Å². The third-order valence-electron chi connectivity index (χ3n) is 2.82. The Morgan fingerprint density at radius 2 is 1.18 bits per heavy atom. The second-order valence-corrected chi connectivity index (χ2v) is 5.50. The van der Waals surface area contributed by atoms with Crippen LogP contribution < -0.4 is 0 Å². The van der Waals surface area contributed by atoms with Gasteiger partial charge in [0.15, 0.2) is 0 Å². The average Bonchev–Trinajstić information content (AvgIpc) is 1.79. The molecular weight excluding hydrogens is 157 g/mol. The van der Waals surface area contributed by atoms with Gasteiger partial charge in [0.1, 0.15) is 0 Å². The molecule has 0 amide bonds. The van der Waals surface area contributed by atoms with Crippen LogP contribution in [0.1, 0.15) is 0 Å². The van der Waals surface area contributed by atoms with E-state index in [2.05, 4.69) is 23.9 Å². The normalized spacial score (nSPS) is 60.3. The predicted molar refractivity (Wildman–Crippen MR) is 47.2 cm³/mol. The molecule has 4 aliphatic rings. The molecule has 3 nitrogen and oxygen atoms in total. The van der Waals surface area contributed by atoms with E-state index in [-0.39, 0.29) is 0 Å². The zero-order valence-corrected chi connectivity index (χ0v) is 7.82. The number of rotatable bonds is 0. The minimum Gasteiger partial charge on any atom is -0.276 e. The average molecular weight is 171 g/mol. The van der Waals surface area contributed by atoms with Gasteiger partial charge >= 0.3 is 0 Å². The second-order valence-electron chi connectivity index (χ2n) is 4.27. The summed E-state index contributed by atoms with van der Waals surface area (Å²) in [6.07, 6.45) is 0. The van der Waals surface area contributed by atoms with Crippen LogP contribution in [0.2, 0.25) is 0 Å². The molecule has 4 heteroatoms. The van der Waals surface area contributed by atoms with Crippen molar-refractivity contribution in [3.8, 4) is 0 Å². The van der Waals surface area contributed by atoms with Gasteiger partial charge in [-0.2, -0.15) is 0 Å². The topological polar surface area (TPSA) is 9.72 Å². The van der Waals surface area contributed by atoms with Crippen LogP contribution in [-0.4, -0.2) is 59.5 Å². The van der Waals surface area contributed by atoms with Crippen molar-refractivity contribution in [2.24, 2.45) is 0 Å². The molecular formula is C7H14N3P. The summed E-state index contributed by atoms with van der Waals surface area (Å²) >= 11 is 0.